The van der Waals surface area contributed by atoms with Crippen molar-refractivity contribution in [2.45, 2.75) is 94.2 Å². The van der Waals surface area contributed by atoms with Crippen molar-refractivity contribution >= 4 is 17.3 Å². The van der Waals surface area contributed by atoms with Crippen LogP contribution in [0.1, 0.15) is 77.6 Å². The maximum absolute atomic E-state index is 13.2. The number of nitrogens with one attached hydrogen (secondary N) is 3. The van der Waals surface area contributed by atoms with Crippen molar-refractivity contribution in [3.63, 3.8) is 0 Å². The molecule has 3 N–H and O–H groups in total. The van der Waals surface area contributed by atoms with Gasteiger partial charge in [-0.2, -0.15) is 0 Å². The van der Waals surface area contributed by atoms with Crippen LogP contribution in [-0.4, -0.2) is 54.1 Å². The fraction of sp³-hybridized carbons (Fsp3) is 0.857. The van der Waals surface area contributed by atoms with E-state index in [2.05, 4.69) is 16.0 Å². The van der Waals surface area contributed by atoms with E-state index < -0.39 is 11.1 Å². The lowest BCUT2D eigenvalue weighted by atomic mass is 9.78. The molecule has 3 fully saturated rings. The van der Waals surface area contributed by atoms with Crippen LogP contribution in [-0.2, 0) is 14.4 Å². The second-order valence-electron chi connectivity index (χ2n) is 8.87. The Labute approximate surface area is 162 Å². The number of rotatable bonds is 10. The predicted octanol–water partition coefficient (Wildman–Crippen LogP) is 1.66. The quantitative estimate of drug-likeness (QED) is 0.537. The zero-order valence-corrected chi connectivity index (χ0v) is 16.9. The molecule has 0 radical (unpaired) electrons. The van der Waals surface area contributed by atoms with Gasteiger partial charge in [0.1, 0.15) is 5.78 Å². The zero-order valence-electron chi connectivity index (χ0n) is 16.9. The monoisotopic (exact) mass is 377 g/mol. The number of ketones is 3. The molecule has 3 aliphatic rings. The molecule has 6 nitrogen and oxygen atoms in total. The maximum Gasteiger partial charge on any atom is 0.166 e. The summed E-state index contributed by atoms with van der Waals surface area (Å²) in [7, 11) is 1.83. The van der Waals surface area contributed by atoms with Crippen LogP contribution < -0.4 is 16.0 Å². The molecule has 6 heteroatoms. The SMILES string of the molecule is CNC1(C(=O)CNC2(C(=O)CNC3(C(C)=O)CCCCC3)CCCC2)CC1. The van der Waals surface area contributed by atoms with Crippen molar-refractivity contribution < 1.29 is 14.4 Å². The van der Waals surface area contributed by atoms with Crippen LogP contribution in [0.3, 0.4) is 0 Å². The van der Waals surface area contributed by atoms with Crippen molar-refractivity contribution in [3.8, 4) is 0 Å². The fourth-order valence-corrected chi connectivity index (χ4v) is 4.97. The molecule has 0 aromatic rings. The van der Waals surface area contributed by atoms with E-state index in [0.717, 1.165) is 70.6 Å². The molecular weight excluding hydrogens is 342 g/mol. The Morgan fingerprint density at radius 1 is 0.667 bits per heavy atom. The highest BCUT2D eigenvalue weighted by Crippen LogP contribution is 2.36. The molecule has 3 rings (SSSR count). The number of likely N-dealkylation sites (N-methyl/N-ethyl adjacent to an activating group) is 1. The maximum atomic E-state index is 13.2. The third-order valence-electron chi connectivity index (χ3n) is 7.31. The van der Waals surface area contributed by atoms with E-state index >= 15 is 0 Å². The first kappa shape index (κ1) is 20.6. The fourth-order valence-electron chi connectivity index (χ4n) is 4.97. The first-order chi connectivity index (χ1) is 12.9. The van der Waals surface area contributed by atoms with Crippen LogP contribution in [0.4, 0.5) is 0 Å². The van der Waals surface area contributed by atoms with E-state index in [0.29, 0.717) is 0 Å². The van der Waals surface area contributed by atoms with Crippen molar-refractivity contribution in [1.29, 1.82) is 0 Å². The number of carbonyl (C=O) groups excluding carboxylic acids is 3. The van der Waals surface area contributed by atoms with E-state index in [1.54, 1.807) is 6.92 Å². The first-order valence-electron chi connectivity index (χ1n) is 10.6. The summed E-state index contributed by atoms with van der Waals surface area (Å²) < 4.78 is 0. The van der Waals surface area contributed by atoms with Gasteiger partial charge in [0.25, 0.3) is 0 Å². The van der Waals surface area contributed by atoms with Gasteiger partial charge in [-0.05, 0) is 52.5 Å². The van der Waals surface area contributed by atoms with Gasteiger partial charge in [-0.25, -0.2) is 0 Å². The Balaban J connectivity index is 1.61. The topological polar surface area (TPSA) is 87.3 Å². The van der Waals surface area contributed by atoms with Gasteiger partial charge in [-0.1, -0.05) is 32.1 Å². The summed E-state index contributed by atoms with van der Waals surface area (Å²) in [6, 6.07) is 0. The molecule has 0 aliphatic heterocycles. The minimum Gasteiger partial charge on any atom is -0.308 e. The molecule has 0 amide bonds. The summed E-state index contributed by atoms with van der Waals surface area (Å²) in [6.07, 6.45) is 10.2. The standard InChI is InChI=1S/C21H35N3O3/c1-16(25)19(8-4-3-5-9-19)23-15-18(27)21(10-6-7-11-21)24-14-17(26)20(22-2)12-13-20/h22-24H,3-15H2,1-2H3. The second kappa shape index (κ2) is 8.10. The Morgan fingerprint density at radius 3 is 1.59 bits per heavy atom. The molecule has 152 valence electrons. The van der Waals surface area contributed by atoms with Gasteiger partial charge in [0.2, 0.25) is 0 Å². The second-order valence-corrected chi connectivity index (χ2v) is 8.87. The van der Waals surface area contributed by atoms with Crippen LogP contribution in [0.15, 0.2) is 0 Å². The summed E-state index contributed by atoms with van der Waals surface area (Å²) in [5.41, 5.74) is -1.51. The number of carbonyl (C=O) groups is 3. The molecule has 3 saturated carbocycles. The lowest BCUT2D eigenvalue weighted by Crippen LogP contribution is -2.60. The average molecular weight is 378 g/mol. The lowest BCUT2D eigenvalue weighted by molar-refractivity contribution is -0.127. The number of Topliss-reactive ketones (excluding diaryl/α,β-unsaturated/α-hetero) is 3. The summed E-state index contributed by atoms with van der Waals surface area (Å²) >= 11 is 0. The largest absolute Gasteiger partial charge is 0.308 e. The van der Waals surface area contributed by atoms with Gasteiger partial charge < -0.3 is 5.32 Å². The molecule has 3 aliphatic carbocycles. The summed E-state index contributed by atoms with van der Waals surface area (Å²) in [4.78, 5) is 37.9. The third kappa shape index (κ3) is 4.17. The van der Waals surface area contributed by atoms with Crippen LogP contribution in [0.5, 0.6) is 0 Å². The van der Waals surface area contributed by atoms with E-state index in [9.17, 15) is 14.4 Å². The molecule has 0 bridgehead atoms. The van der Waals surface area contributed by atoms with Gasteiger partial charge in [-0.3, -0.25) is 25.0 Å². The van der Waals surface area contributed by atoms with Crippen molar-refractivity contribution in [1.82, 2.24) is 16.0 Å². The molecule has 0 unspecified atom stereocenters. The molecule has 0 aromatic heterocycles. The summed E-state index contributed by atoms with van der Waals surface area (Å²) in [5.74, 6) is 0.404. The summed E-state index contributed by atoms with van der Waals surface area (Å²) in [6.45, 7) is 2.08. The molecule has 0 spiro atoms. The van der Waals surface area contributed by atoms with Gasteiger partial charge in [0.15, 0.2) is 11.6 Å². The van der Waals surface area contributed by atoms with E-state index in [4.69, 9.17) is 0 Å². The molecule has 0 heterocycles. The smallest absolute Gasteiger partial charge is 0.166 e. The van der Waals surface area contributed by atoms with Crippen molar-refractivity contribution in [2.24, 2.45) is 0 Å². The highest BCUT2D eigenvalue weighted by atomic mass is 16.1. The zero-order chi connectivity index (χ0) is 19.5. The number of hydrogen-bond acceptors (Lipinski definition) is 6. The van der Waals surface area contributed by atoms with Crippen LogP contribution in [0.25, 0.3) is 0 Å². The molecular formula is C21H35N3O3. The predicted molar refractivity (Wildman–Crippen MR) is 105 cm³/mol. The molecule has 27 heavy (non-hydrogen) atoms. The molecule has 0 aromatic carbocycles. The molecule has 0 saturated heterocycles. The summed E-state index contributed by atoms with van der Waals surface area (Å²) in [5, 5.41) is 9.81. The van der Waals surface area contributed by atoms with Gasteiger partial charge in [0, 0.05) is 0 Å². The van der Waals surface area contributed by atoms with Gasteiger partial charge >= 0.3 is 0 Å². The Kier molecular flexibility index (Phi) is 6.18. The van der Waals surface area contributed by atoms with E-state index in [1.807, 2.05) is 7.05 Å². The minimum atomic E-state index is -0.612. The average Bonchev–Trinajstić information content (AvgIpc) is 3.34. The van der Waals surface area contributed by atoms with Crippen molar-refractivity contribution in [2.75, 3.05) is 20.1 Å². The van der Waals surface area contributed by atoms with E-state index in [1.165, 1.54) is 0 Å². The minimum absolute atomic E-state index is 0.105. The third-order valence-corrected chi connectivity index (χ3v) is 7.31. The normalized spacial score (nSPS) is 25.1. The van der Waals surface area contributed by atoms with Gasteiger partial charge in [0.05, 0.1) is 29.7 Å². The van der Waals surface area contributed by atoms with Crippen LogP contribution in [0, 0.1) is 0 Å². The first-order valence-corrected chi connectivity index (χ1v) is 10.6. The van der Waals surface area contributed by atoms with Gasteiger partial charge in [-0.15, -0.1) is 0 Å². The van der Waals surface area contributed by atoms with Crippen LogP contribution >= 0.6 is 0 Å². The Morgan fingerprint density at radius 2 is 1.11 bits per heavy atom. The van der Waals surface area contributed by atoms with E-state index in [-0.39, 0.29) is 36.0 Å². The van der Waals surface area contributed by atoms with Crippen molar-refractivity contribution in [3.05, 3.63) is 0 Å². The lowest BCUT2D eigenvalue weighted by Gasteiger charge is -2.37. The Bertz CT molecular complexity index is 585. The highest BCUT2D eigenvalue weighted by molar-refractivity contribution is 5.95. The number of hydrogen-bond donors (Lipinski definition) is 3. The highest BCUT2D eigenvalue weighted by Gasteiger charge is 2.49. The molecule has 0 atom stereocenters. The Hall–Kier alpha value is -1.11. The van der Waals surface area contributed by atoms with Crippen LogP contribution in [0.2, 0.25) is 0 Å².